The molecule has 0 fully saturated rings. The Labute approximate surface area is 133 Å². The van der Waals surface area contributed by atoms with E-state index in [0.717, 1.165) is 5.56 Å². The van der Waals surface area contributed by atoms with E-state index < -0.39 is 0 Å². The Morgan fingerprint density at radius 1 is 1.13 bits per heavy atom. The van der Waals surface area contributed by atoms with Gasteiger partial charge < -0.3 is 9.15 Å². The summed E-state index contributed by atoms with van der Waals surface area (Å²) in [6.45, 7) is 4.07. The first kappa shape index (κ1) is 15.3. The van der Waals surface area contributed by atoms with Crippen molar-refractivity contribution in [3.63, 3.8) is 0 Å². The molecular weight excluding hydrogens is 295 g/mol. The van der Waals surface area contributed by atoms with Gasteiger partial charge in [-0.1, -0.05) is 26.0 Å². The van der Waals surface area contributed by atoms with Crippen molar-refractivity contribution in [1.82, 2.24) is 0 Å². The summed E-state index contributed by atoms with van der Waals surface area (Å²) in [5, 5.41) is 0.497. The number of rotatable bonds is 3. The predicted octanol–water partition coefficient (Wildman–Crippen LogP) is 4.73. The van der Waals surface area contributed by atoms with Crippen LogP contribution in [0.1, 0.15) is 25.3 Å². The molecule has 0 aliphatic heterocycles. The van der Waals surface area contributed by atoms with Crippen LogP contribution in [-0.4, -0.2) is 7.11 Å². The number of hydrogen-bond donors (Lipinski definition) is 0. The first-order valence-corrected chi connectivity index (χ1v) is 7.40. The summed E-state index contributed by atoms with van der Waals surface area (Å²) in [6, 6.07) is 9.35. The van der Waals surface area contributed by atoms with Gasteiger partial charge in [-0.2, -0.15) is 0 Å². The third kappa shape index (κ3) is 2.72. The lowest BCUT2D eigenvalue weighted by atomic mass is 9.98. The molecule has 0 aliphatic carbocycles. The molecule has 0 amide bonds. The normalized spacial score (nSPS) is 11.2. The van der Waals surface area contributed by atoms with Crippen molar-refractivity contribution in [1.29, 1.82) is 0 Å². The standard InChI is InChI=1S/C19H17FO3/c1-11(2)14-8-15-18(9-17(14)22-3)23-10-16(19(15)21)12-4-6-13(20)7-5-12/h4-11H,1-3H3. The lowest BCUT2D eigenvalue weighted by molar-refractivity contribution is 0.407. The monoisotopic (exact) mass is 312 g/mol. The number of ether oxygens (including phenoxy) is 1. The molecular formula is C19H17FO3. The highest BCUT2D eigenvalue weighted by molar-refractivity contribution is 5.83. The van der Waals surface area contributed by atoms with E-state index in [1.54, 1.807) is 25.3 Å². The van der Waals surface area contributed by atoms with Crippen LogP contribution in [0.25, 0.3) is 22.1 Å². The number of hydrogen-bond acceptors (Lipinski definition) is 3. The molecule has 3 nitrogen and oxygen atoms in total. The Bertz CT molecular complexity index is 908. The van der Waals surface area contributed by atoms with Gasteiger partial charge in [0, 0.05) is 6.07 Å². The van der Waals surface area contributed by atoms with Crippen LogP contribution in [-0.2, 0) is 0 Å². The van der Waals surface area contributed by atoms with Crippen LogP contribution in [0.15, 0.2) is 51.9 Å². The van der Waals surface area contributed by atoms with Crippen molar-refractivity contribution >= 4 is 11.0 Å². The second-order valence-electron chi connectivity index (χ2n) is 5.73. The minimum absolute atomic E-state index is 0.137. The van der Waals surface area contributed by atoms with Crippen LogP contribution >= 0.6 is 0 Å². The molecule has 3 rings (SSSR count). The maximum Gasteiger partial charge on any atom is 0.200 e. The molecule has 118 valence electrons. The van der Waals surface area contributed by atoms with Crippen LogP contribution in [0.4, 0.5) is 4.39 Å². The lowest BCUT2D eigenvalue weighted by Crippen LogP contribution is -2.06. The molecule has 0 saturated heterocycles. The molecule has 0 radical (unpaired) electrons. The van der Waals surface area contributed by atoms with Gasteiger partial charge in [0.2, 0.25) is 5.43 Å². The molecule has 0 spiro atoms. The van der Waals surface area contributed by atoms with E-state index >= 15 is 0 Å². The molecule has 1 aromatic heterocycles. The number of methoxy groups -OCH3 is 1. The smallest absolute Gasteiger partial charge is 0.200 e. The fourth-order valence-corrected chi connectivity index (χ4v) is 2.63. The van der Waals surface area contributed by atoms with Gasteiger partial charge in [0.15, 0.2) is 0 Å². The first-order valence-electron chi connectivity index (χ1n) is 7.40. The summed E-state index contributed by atoms with van der Waals surface area (Å²) >= 11 is 0. The van der Waals surface area contributed by atoms with E-state index in [9.17, 15) is 9.18 Å². The van der Waals surface area contributed by atoms with E-state index in [1.807, 2.05) is 19.9 Å². The minimum Gasteiger partial charge on any atom is -0.496 e. The average molecular weight is 312 g/mol. The summed E-state index contributed by atoms with van der Waals surface area (Å²) in [6.07, 6.45) is 1.41. The maximum absolute atomic E-state index is 13.1. The molecule has 3 aromatic rings. The molecule has 0 unspecified atom stereocenters. The van der Waals surface area contributed by atoms with Crippen LogP contribution in [0.3, 0.4) is 0 Å². The van der Waals surface area contributed by atoms with E-state index in [1.165, 1.54) is 18.4 Å². The van der Waals surface area contributed by atoms with Crippen LogP contribution < -0.4 is 10.2 Å². The Balaban J connectivity index is 2.26. The van der Waals surface area contributed by atoms with Gasteiger partial charge in [-0.3, -0.25) is 4.79 Å². The van der Waals surface area contributed by atoms with Gasteiger partial charge >= 0.3 is 0 Å². The maximum atomic E-state index is 13.1. The zero-order valence-corrected chi connectivity index (χ0v) is 13.2. The van der Waals surface area contributed by atoms with Crippen molar-refractivity contribution in [2.24, 2.45) is 0 Å². The topological polar surface area (TPSA) is 39.4 Å². The van der Waals surface area contributed by atoms with Gasteiger partial charge in [0.05, 0.1) is 18.1 Å². The molecule has 1 heterocycles. The molecule has 4 heteroatoms. The molecule has 2 aromatic carbocycles. The van der Waals surface area contributed by atoms with Crippen molar-refractivity contribution in [2.45, 2.75) is 19.8 Å². The Kier molecular flexibility index (Phi) is 3.90. The lowest BCUT2D eigenvalue weighted by Gasteiger charge is -2.13. The second kappa shape index (κ2) is 5.88. The van der Waals surface area contributed by atoms with Gasteiger partial charge in [-0.05, 0) is 35.2 Å². The quantitative estimate of drug-likeness (QED) is 0.702. The Morgan fingerprint density at radius 2 is 1.83 bits per heavy atom. The third-order valence-electron chi connectivity index (χ3n) is 3.90. The first-order chi connectivity index (χ1) is 11.0. The number of benzene rings is 2. The van der Waals surface area contributed by atoms with Crippen molar-refractivity contribution in [2.75, 3.05) is 7.11 Å². The van der Waals surface area contributed by atoms with E-state index in [-0.39, 0.29) is 17.2 Å². The highest BCUT2D eigenvalue weighted by Crippen LogP contribution is 2.31. The highest BCUT2D eigenvalue weighted by Gasteiger charge is 2.15. The molecule has 0 N–H and O–H groups in total. The van der Waals surface area contributed by atoms with Gasteiger partial charge in [-0.15, -0.1) is 0 Å². The number of fused-ring (bicyclic) bond motifs is 1. The van der Waals surface area contributed by atoms with Gasteiger partial charge in [-0.25, -0.2) is 4.39 Å². The molecule has 0 atom stereocenters. The third-order valence-corrected chi connectivity index (χ3v) is 3.90. The van der Waals surface area contributed by atoms with Crippen molar-refractivity contribution in [3.05, 3.63) is 64.3 Å². The van der Waals surface area contributed by atoms with Crippen LogP contribution in [0.5, 0.6) is 5.75 Å². The Hall–Kier alpha value is -2.62. The molecule has 23 heavy (non-hydrogen) atoms. The van der Waals surface area contributed by atoms with Crippen molar-refractivity contribution < 1.29 is 13.5 Å². The molecule has 0 bridgehead atoms. The fraction of sp³-hybridized carbons (Fsp3) is 0.211. The number of halogens is 1. The molecule has 0 saturated carbocycles. The summed E-state index contributed by atoms with van der Waals surface area (Å²) in [5.74, 6) is 0.569. The SMILES string of the molecule is COc1cc2occ(-c3ccc(F)cc3)c(=O)c2cc1C(C)C. The zero-order valence-electron chi connectivity index (χ0n) is 13.2. The van der Waals surface area contributed by atoms with Crippen LogP contribution in [0, 0.1) is 5.82 Å². The van der Waals surface area contributed by atoms with E-state index in [4.69, 9.17) is 9.15 Å². The minimum atomic E-state index is -0.342. The van der Waals surface area contributed by atoms with E-state index in [0.29, 0.717) is 27.8 Å². The summed E-state index contributed by atoms with van der Waals surface area (Å²) in [4.78, 5) is 12.8. The van der Waals surface area contributed by atoms with E-state index in [2.05, 4.69) is 0 Å². The van der Waals surface area contributed by atoms with Gasteiger partial charge in [0.25, 0.3) is 0 Å². The van der Waals surface area contributed by atoms with Gasteiger partial charge in [0.1, 0.15) is 23.4 Å². The van der Waals surface area contributed by atoms with Crippen molar-refractivity contribution in [3.8, 4) is 16.9 Å². The fourth-order valence-electron chi connectivity index (χ4n) is 2.63. The summed E-state index contributed by atoms with van der Waals surface area (Å²) in [7, 11) is 1.60. The second-order valence-corrected chi connectivity index (χ2v) is 5.73. The van der Waals surface area contributed by atoms with Crippen LogP contribution in [0.2, 0.25) is 0 Å². The summed E-state index contributed by atoms with van der Waals surface area (Å²) in [5.41, 5.74) is 2.33. The predicted molar refractivity (Wildman–Crippen MR) is 88.5 cm³/mol. The Morgan fingerprint density at radius 3 is 2.43 bits per heavy atom. The molecule has 0 aliphatic rings. The highest BCUT2D eigenvalue weighted by atomic mass is 19.1. The zero-order chi connectivity index (χ0) is 16.6. The summed E-state index contributed by atoms with van der Waals surface area (Å²) < 4.78 is 24.1. The largest absolute Gasteiger partial charge is 0.496 e. The average Bonchev–Trinajstić information content (AvgIpc) is 2.55.